The molecule has 6 unspecified atom stereocenters. The number of carboxylic acids is 1. The van der Waals surface area contributed by atoms with Gasteiger partial charge in [-0.15, -0.1) is 0 Å². The van der Waals surface area contributed by atoms with Gasteiger partial charge < -0.3 is 20.6 Å². The summed E-state index contributed by atoms with van der Waals surface area (Å²) >= 11 is 0. The maximum atomic E-state index is 12.0. The van der Waals surface area contributed by atoms with E-state index in [0.717, 1.165) is 44.9 Å². The van der Waals surface area contributed by atoms with Gasteiger partial charge in [-0.1, -0.05) is 20.8 Å². The molecular formula is C26H43NNaO5. The molecule has 0 aliphatic heterocycles. The topological polar surface area (TPSA) is 107 Å². The molecule has 0 heterocycles. The van der Waals surface area contributed by atoms with Gasteiger partial charge in [0.2, 0.25) is 5.91 Å². The van der Waals surface area contributed by atoms with Gasteiger partial charge in [0.25, 0.3) is 0 Å². The summed E-state index contributed by atoms with van der Waals surface area (Å²) in [6.45, 7) is 6.65. The van der Waals surface area contributed by atoms with E-state index in [-0.39, 0.29) is 65.0 Å². The molecule has 0 saturated heterocycles. The van der Waals surface area contributed by atoms with Crippen LogP contribution in [0.4, 0.5) is 0 Å². The maximum Gasteiger partial charge on any atom is 0.322 e. The Balaban J connectivity index is 0.00000306. The fraction of sp³-hybridized carbons (Fsp3) is 0.923. The van der Waals surface area contributed by atoms with Gasteiger partial charge in [-0.3, -0.25) is 9.59 Å². The molecule has 10 atom stereocenters. The van der Waals surface area contributed by atoms with Crippen molar-refractivity contribution in [3.05, 3.63) is 0 Å². The average Bonchev–Trinajstić information content (AvgIpc) is 3.10. The third kappa shape index (κ3) is 4.94. The standard InChI is InChI=1S/C26H43NO5.Na/c1-15(4-9-23(30)27-14-24(31)32)19-7-8-20-18-6-5-16-12-17(28)10-11-25(16,2)21(18)13-22(29)26(19,20)3;/h15-22,28-29H,4-14H2,1-3H3,(H,27,30)(H,31,32);/t15?,16?,17-,18?,19?,20+,21+,22+,25?,26?;/m1./s1. The quantitative estimate of drug-likeness (QED) is 0.444. The summed E-state index contributed by atoms with van der Waals surface area (Å²) in [5.41, 5.74) is 0.145. The van der Waals surface area contributed by atoms with Gasteiger partial charge in [0, 0.05) is 36.0 Å². The van der Waals surface area contributed by atoms with Gasteiger partial charge in [-0.2, -0.15) is 0 Å². The fourth-order valence-electron chi connectivity index (χ4n) is 8.98. The van der Waals surface area contributed by atoms with Crippen molar-refractivity contribution in [1.29, 1.82) is 0 Å². The molecule has 4 aliphatic rings. The number of aliphatic carboxylic acids is 1. The van der Waals surface area contributed by atoms with Crippen LogP contribution in [-0.4, -0.2) is 75.5 Å². The molecular weight excluding hydrogens is 429 g/mol. The predicted molar refractivity (Wildman–Crippen MR) is 127 cm³/mol. The first-order chi connectivity index (χ1) is 15.1. The van der Waals surface area contributed by atoms with Crippen molar-refractivity contribution in [2.75, 3.05) is 6.54 Å². The molecule has 0 aromatic heterocycles. The van der Waals surface area contributed by atoms with E-state index in [4.69, 9.17) is 5.11 Å². The first-order valence-corrected chi connectivity index (χ1v) is 12.9. The number of amides is 1. The Hall–Kier alpha value is -0.140. The molecule has 183 valence electrons. The second-order valence-corrected chi connectivity index (χ2v) is 12.1. The van der Waals surface area contributed by atoms with Gasteiger partial charge in [-0.05, 0) is 104 Å². The van der Waals surface area contributed by atoms with E-state index in [1.54, 1.807) is 0 Å². The zero-order valence-electron chi connectivity index (χ0n) is 21.1. The third-order valence-corrected chi connectivity index (χ3v) is 10.8. The number of aliphatic hydroxyl groups excluding tert-OH is 2. The van der Waals surface area contributed by atoms with E-state index < -0.39 is 5.97 Å². The molecule has 4 aliphatic carbocycles. The molecule has 1 amide bonds. The SMILES string of the molecule is CC(CCC(=O)NCC(=O)O)C1CC[C@H]2C3CCC4C[C@H](O)CCC4(C)[C@H]3C[C@H](O)C12C.[Na]. The Morgan fingerprint density at radius 3 is 2.45 bits per heavy atom. The number of carboxylic acid groups (broad SMARTS) is 1. The molecule has 0 bridgehead atoms. The van der Waals surface area contributed by atoms with E-state index in [9.17, 15) is 19.8 Å². The molecule has 4 N–H and O–H groups in total. The smallest absolute Gasteiger partial charge is 0.322 e. The minimum atomic E-state index is -1.02. The van der Waals surface area contributed by atoms with Gasteiger partial charge in [-0.25, -0.2) is 0 Å². The van der Waals surface area contributed by atoms with Gasteiger partial charge in [0.15, 0.2) is 0 Å². The minimum absolute atomic E-state index is 0. The summed E-state index contributed by atoms with van der Waals surface area (Å²) in [7, 11) is 0. The Labute approximate surface area is 221 Å². The van der Waals surface area contributed by atoms with Gasteiger partial charge in [0.1, 0.15) is 6.54 Å². The molecule has 4 rings (SSSR count). The summed E-state index contributed by atoms with van der Waals surface area (Å²) in [4.78, 5) is 22.7. The van der Waals surface area contributed by atoms with Crippen LogP contribution in [-0.2, 0) is 9.59 Å². The molecule has 4 saturated carbocycles. The Bertz CT molecular complexity index is 733. The molecule has 1 radical (unpaired) electrons. The molecule has 0 aromatic carbocycles. The van der Waals surface area contributed by atoms with Crippen LogP contribution in [0.25, 0.3) is 0 Å². The zero-order chi connectivity index (χ0) is 23.3. The van der Waals surface area contributed by atoms with Crippen molar-refractivity contribution in [3.8, 4) is 0 Å². The number of fused-ring (bicyclic) bond motifs is 5. The number of hydrogen-bond donors (Lipinski definition) is 4. The predicted octanol–water partition coefficient (Wildman–Crippen LogP) is 3.21. The van der Waals surface area contributed by atoms with Crippen LogP contribution in [0.5, 0.6) is 0 Å². The number of rotatable bonds is 6. The average molecular weight is 473 g/mol. The van der Waals surface area contributed by atoms with Crippen LogP contribution in [0.3, 0.4) is 0 Å². The first kappa shape index (κ1) is 27.4. The zero-order valence-corrected chi connectivity index (χ0v) is 23.1. The number of aliphatic hydroxyl groups is 2. The summed E-state index contributed by atoms with van der Waals surface area (Å²) in [6.07, 6.45) is 9.12. The van der Waals surface area contributed by atoms with E-state index in [1.165, 1.54) is 12.8 Å². The molecule has 33 heavy (non-hydrogen) atoms. The molecule has 0 spiro atoms. The van der Waals surface area contributed by atoms with Crippen LogP contribution in [0.2, 0.25) is 0 Å². The van der Waals surface area contributed by atoms with Crippen molar-refractivity contribution in [2.24, 2.45) is 46.3 Å². The normalized spacial score (nSPS) is 45.1. The van der Waals surface area contributed by atoms with Crippen LogP contribution in [0.1, 0.15) is 85.0 Å². The van der Waals surface area contributed by atoms with Gasteiger partial charge in [0.05, 0.1) is 12.2 Å². The van der Waals surface area contributed by atoms with Crippen LogP contribution in [0.15, 0.2) is 0 Å². The van der Waals surface area contributed by atoms with Crippen molar-refractivity contribution in [2.45, 2.75) is 97.2 Å². The van der Waals surface area contributed by atoms with E-state index >= 15 is 0 Å². The Kier molecular flexibility index (Phi) is 8.70. The summed E-state index contributed by atoms with van der Waals surface area (Å²) in [5, 5.41) is 33.0. The van der Waals surface area contributed by atoms with Crippen LogP contribution < -0.4 is 5.32 Å². The summed E-state index contributed by atoms with van der Waals surface area (Å²) in [6, 6.07) is 0. The van der Waals surface area contributed by atoms with Crippen molar-refractivity contribution in [1.82, 2.24) is 5.32 Å². The molecule has 0 aromatic rings. The second-order valence-electron chi connectivity index (χ2n) is 12.1. The number of hydrogen-bond acceptors (Lipinski definition) is 4. The minimum Gasteiger partial charge on any atom is -0.480 e. The van der Waals surface area contributed by atoms with E-state index in [1.807, 2.05) is 0 Å². The third-order valence-electron chi connectivity index (χ3n) is 10.8. The number of carbonyl (C=O) groups excluding carboxylic acids is 1. The largest absolute Gasteiger partial charge is 0.480 e. The van der Waals surface area contributed by atoms with Gasteiger partial charge >= 0.3 is 5.97 Å². The first-order valence-electron chi connectivity index (χ1n) is 12.9. The summed E-state index contributed by atoms with van der Waals surface area (Å²) in [5.74, 6) is 1.84. The Morgan fingerprint density at radius 1 is 1.03 bits per heavy atom. The Morgan fingerprint density at radius 2 is 1.76 bits per heavy atom. The second kappa shape index (κ2) is 10.5. The molecule has 7 heteroatoms. The monoisotopic (exact) mass is 472 g/mol. The maximum absolute atomic E-state index is 12.0. The number of carbonyl (C=O) groups is 2. The van der Waals surface area contributed by atoms with Crippen molar-refractivity contribution < 1.29 is 24.9 Å². The molecule has 4 fully saturated rings. The van der Waals surface area contributed by atoms with E-state index in [0.29, 0.717) is 41.9 Å². The fourth-order valence-corrected chi connectivity index (χ4v) is 8.98. The number of nitrogens with one attached hydrogen (secondary N) is 1. The van der Waals surface area contributed by atoms with Crippen LogP contribution >= 0.6 is 0 Å². The molecule has 6 nitrogen and oxygen atoms in total. The summed E-state index contributed by atoms with van der Waals surface area (Å²) < 4.78 is 0. The van der Waals surface area contributed by atoms with E-state index in [2.05, 4.69) is 26.1 Å². The van der Waals surface area contributed by atoms with Crippen molar-refractivity contribution >= 4 is 41.4 Å². The van der Waals surface area contributed by atoms with Crippen LogP contribution in [0, 0.1) is 46.3 Å². The van der Waals surface area contributed by atoms with Crippen molar-refractivity contribution in [3.63, 3.8) is 0 Å².